The zero-order valence-electron chi connectivity index (χ0n) is 17.6. The molecule has 32 heavy (non-hydrogen) atoms. The minimum absolute atomic E-state index is 0.143. The Bertz CT molecular complexity index is 1260. The van der Waals surface area contributed by atoms with E-state index < -0.39 is 11.6 Å². The highest BCUT2D eigenvalue weighted by molar-refractivity contribution is 5.87. The fraction of sp³-hybridized carbons (Fsp3) is 0.261. The van der Waals surface area contributed by atoms with E-state index in [1.54, 1.807) is 13.3 Å². The van der Waals surface area contributed by atoms with E-state index in [4.69, 9.17) is 4.74 Å². The maximum absolute atomic E-state index is 14.3. The van der Waals surface area contributed by atoms with Crippen LogP contribution in [0.1, 0.15) is 6.42 Å². The highest BCUT2D eigenvalue weighted by Gasteiger charge is 2.22. The van der Waals surface area contributed by atoms with Gasteiger partial charge in [0.2, 0.25) is 0 Å². The Balaban J connectivity index is 1.45. The third-order valence-electron chi connectivity index (χ3n) is 5.70. The molecule has 1 fully saturated rings. The molecule has 0 saturated carbocycles. The van der Waals surface area contributed by atoms with Crippen molar-refractivity contribution < 1.29 is 13.5 Å². The summed E-state index contributed by atoms with van der Waals surface area (Å²) >= 11 is 0. The predicted octanol–water partition coefficient (Wildman–Crippen LogP) is 3.82. The van der Waals surface area contributed by atoms with Gasteiger partial charge in [-0.25, -0.2) is 23.4 Å². The number of aromatic nitrogens is 4. The van der Waals surface area contributed by atoms with Gasteiger partial charge >= 0.3 is 0 Å². The van der Waals surface area contributed by atoms with E-state index in [-0.39, 0.29) is 5.69 Å². The lowest BCUT2D eigenvalue weighted by Crippen LogP contribution is -2.31. The molecule has 0 radical (unpaired) electrons. The highest BCUT2D eigenvalue weighted by atomic mass is 19.1. The normalized spacial score (nSPS) is 14.6. The standard InChI is InChI=1S/C23H22F2N6O/c1-32-21-6-3-2-5-20(21)29-9-4-10-30(12-11-29)22-17-14-28-31(23(17)27-15-26-22)19-8-7-16(24)13-18(19)25/h2-3,5-8,13-15H,4,9-12H2,1H3. The lowest BCUT2D eigenvalue weighted by Gasteiger charge is -2.25. The molecule has 4 aromatic rings. The molecule has 0 amide bonds. The van der Waals surface area contributed by atoms with Gasteiger partial charge in [0.25, 0.3) is 0 Å². The van der Waals surface area contributed by atoms with Crippen molar-refractivity contribution in [3.8, 4) is 11.4 Å². The van der Waals surface area contributed by atoms with Gasteiger partial charge in [0, 0.05) is 32.2 Å². The zero-order valence-corrected chi connectivity index (χ0v) is 17.6. The molecule has 0 spiro atoms. The number of methoxy groups -OCH3 is 1. The smallest absolute Gasteiger partial charge is 0.168 e. The minimum atomic E-state index is -0.697. The van der Waals surface area contributed by atoms with Crippen molar-refractivity contribution in [2.75, 3.05) is 43.1 Å². The number of para-hydroxylation sites is 2. The van der Waals surface area contributed by atoms with Crippen LogP contribution in [-0.2, 0) is 0 Å². The van der Waals surface area contributed by atoms with Crippen molar-refractivity contribution in [3.05, 3.63) is 66.6 Å². The van der Waals surface area contributed by atoms with Gasteiger partial charge in [-0.15, -0.1) is 0 Å². The summed E-state index contributed by atoms with van der Waals surface area (Å²) in [7, 11) is 1.68. The maximum Gasteiger partial charge on any atom is 0.168 e. The number of nitrogens with zero attached hydrogens (tertiary/aromatic N) is 6. The zero-order chi connectivity index (χ0) is 22.1. The van der Waals surface area contributed by atoms with Gasteiger partial charge in [-0.3, -0.25) is 0 Å². The highest BCUT2D eigenvalue weighted by Crippen LogP contribution is 2.30. The summed E-state index contributed by atoms with van der Waals surface area (Å²) in [6.45, 7) is 3.26. The van der Waals surface area contributed by atoms with Crippen LogP contribution in [0.5, 0.6) is 5.75 Å². The van der Waals surface area contributed by atoms with Gasteiger partial charge in [-0.2, -0.15) is 5.10 Å². The predicted molar refractivity (Wildman–Crippen MR) is 119 cm³/mol. The van der Waals surface area contributed by atoms with E-state index in [0.29, 0.717) is 5.65 Å². The molecule has 0 N–H and O–H groups in total. The average Bonchev–Trinajstić information content (AvgIpc) is 3.08. The summed E-state index contributed by atoms with van der Waals surface area (Å²) in [6, 6.07) is 11.4. The lowest BCUT2D eigenvalue weighted by atomic mass is 10.2. The van der Waals surface area contributed by atoms with E-state index in [2.05, 4.69) is 30.9 Å². The molecular weight excluding hydrogens is 414 g/mol. The van der Waals surface area contributed by atoms with Crippen LogP contribution in [-0.4, -0.2) is 53.0 Å². The molecule has 0 bridgehead atoms. The molecule has 1 saturated heterocycles. The number of halogens is 2. The largest absolute Gasteiger partial charge is 0.495 e. The van der Waals surface area contributed by atoms with Gasteiger partial charge in [0.15, 0.2) is 11.5 Å². The number of anilines is 2. The summed E-state index contributed by atoms with van der Waals surface area (Å²) in [4.78, 5) is 13.3. The SMILES string of the molecule is COc1ccccc1N1CCCN(c2ncnc3c2cnn3-c2ccc(F)cc2F)CC1. The Morgan fingerprint density at radius 3 is 2.56 bits per heavy atom. The molecule has 0 aliphatic carbocycles. The molecule has 5 rings (SSSR count). The van der Waals surface area contributed by atoms with Crippen LogP contribution in [0.4, 0.5) is 20.3 Å². The lowest BCUT2D eigenvalue weighted by molar-refractivity contribution is 0.414. The van der Waals surface area contributed by atoms with Crippen molar-refractivity contribution in [1.82, 2.24) is 19.7 Å². The summed E-state index contributed by atoms with van der Waals surface area (Å²) in [6.07, 6.45) is 4.03. The summed E-state index contributed by atoms with van der Waals surface area (Å²) in [5, 5.41) is 5.04. The van der Waals surface area contributed by atoms with Crippen molar-refractivity contribution in [2.24, 2.45) is 0 Å². The second-order valence-corrected chi connectivity index (χ2v) is 7.59. The van der Waals surface area contributed by atoms with E-state index >= 15 is 0 Å². The third kappa shape index (κ3) is 3.59. The minimum Gasteiger partial charge on any atom is -0.495 e. The maximum atomic E-state index is 14.3. The quantitative estimate of drug-likeness (QED) is 0.485. The molecule has 1 aliphatic rings. The molecule has 7 nitrogen and oxygen atoms in total. The Hall–Kier alpha value is -3.75. The molecule has 2 aromatic carbocycles. The van der Waals surface area contributed by atoms with Gasteiger partial charge in [-0.1, -0.05) is 12.1 Å². The Labute approximate surface area is 183 Å². The third-order valence-corrected chi connectivity index (χ3v) is 5.70. The molecule has 9 heteroatoms. The second kappa shape index (κ2) is 8.41. The molecular formula is C23H22F2N6O. The number of hydrogen-bond donors (Lipinski definition) is 0. The van der Waals surface area contributed by atoms with Crippen LogP contribution < -0.4 is 14.5 Å². The van der Waals surface area contributed by atoms with E-state index in [1.807, 2.05) is 18.2 Å². The Kier molecular flexibility index (Phi) is 5.30. The van der Waals surface area contributed by atoms with Crippen LogP contribution in [0.15, 0.2) is 55.0 Å². The number of rotatable bonds is 4. The summed E-state index contributed by atoms with van der Waals surface area (Å²) < 4.78 is 34.6. The van der Waals surface area contributed by atoms with Crippen molar-refractivity contribution in [3.63, 3.8) is 0 Å². The molecule has 2 aromatic heterocycles. The molecule has 3 heterocycles. The van der Waals surface area contributed by atoms with Gasteiger partial charge < -0.3 is 14.5 Å². The molecule has 164 valence electrons. The van der Waals surface area contributed by atoms with Crippen LogP contribution in [0.2, 0.25) is 0 Å². The second-order valence-electron chi connectivity index (χ2n) is 7.59. The average molecular weight is 436 g/mol. The van der Waals surface area contributed by atoms with Crippen LogP contribution in [0.25, 0.3) is 16.7 Å². The van der Waals surface area contributed by atoms with E-state index in [9.17, 15) is 8.78 Å². The van der Waals surface area contributed by atoms with Crippen molar-refractivity contribution in [1.29, 1.82) is 0 Å². The fourth-order valence-electron chi connectivity index (χ4n) is 4.17. The van der Waals surface area contributed by atoms with Crippen LogP contribution >= 0.6 is 0 Å². The molecule has 0 unspecified atom stereocenters. The summed E-state index contributed by atoms with van der Waals surface area (Å²) in [5.41, 5.74) is 1.69. The Morgan fingerprint density at radius 2 is 1.72 bits per heavy atom. The Morgan fingerprint density at radius 1 is 0.906 bits per heavy atom. The van der Waals surface area contributed by atoms with E-state index in [1.165, 1.54) is 23.1 Å². The first kappa shape index (κ1) is 20.2. The summed E-state index contributed by atoms with van der Waals surface area (Å²) in [5.74, 6) is 0.276. The van der Waals surface area contributed by atoms with Gasteiger partial charge in [-0.05, 0) is 30.7 Å². The van der Waals surface area contributed by atoms with Crippen molar-refractivity contribution in [2.45, 2.75) is 6.42 Å². The first-order valence-corrected chi connectivity index (χ1v) is 10.4. The van der Waals surface area contributed by atoms with Crippen LogP contribution in [0, 0.1) is 11.6 Å². The first-order valence-electron chi connectivity index (χ1n) is 10.4. The number of hydrogen-bond acceptors (Lipinski definition) is 6. The van der Waals surface area contributed by atoms with Crippen LogP contribution in [0.3, 0.4) is 0 Å². The van der Waals surface area contributed by atoms with E-state index in [0.717, 1.165) is 61.3 Å². The number of benzene rings is 2. The fourth-order valence-corrected chi connectivity index (χ4v) is 4.17. The topological polar surface area (TPSA) is 59.3 Å². The first-order chi connectivity index (χ1) is 15.7. The monoisotopic (exact) mass is 436 g/mol. The van der Waals surface area contributed by atoms with Gasteiger partial charge in [0.1, 0.15) is 29.4 Å². The molecule has 1 aliphatic heterocycles. The van der Waals surface area contributed by atoms with Gasteiger partial charge in [0.05, 0.1) is 24.4 Å². The van der Waals surface area contributed by atoms with Crippen molar-refractivity contribution >= 4 is 22.5 Å². The number of fused-ring (bicyclic) bond motifs is 1. The number of ether oxygens (including phenoxy) is 1. The molecule has 0 atom stereocenters.